The summed E-state index contributed by atoms with van der Waals surface area (Å²) in [4.78, 5) is 11.0. The molecule has 0 saturated carbocycles. The second kappa shape index (κ2) is 3.68. The van der Waals surface area contributed by atoms with Crippen molar-refractivity contribution in [2.45, 2.75) is 0 Å². The first-order valence-corrected chi connectivity index (χ1v) is 5.96. The lowest BCUT2D eigenvalue weighted by molar-refractivity contribution is 0.0454. The monoisotopic (exact) mass is 179 g/mol. The third-order valence-electron chi connectivity index (χ3n) is 1.57. The van der Waals surface area contributed by atoms with Crippen LogP contribution in [0, 0.1) is 0 Å². The van der Waals surface area contributed by atoms with E-state index in [0.29, 0.717) is 19.5 Å². The molecule has 1 saturated heterocycles. The van der Waals surface area contributed by atoms with Gasteiger partial charge in [-0.3, -0.25) is 9.46 Å². The number of ether oxygens (including phenoxy) is 1. The predicted octanol–water partition coefficient (Wildman–Crippen LogP) is 0.176. The van der Waals surface area contributed by atoms with E-state index in [1.807, 2.05) is 4.90 Å². The summed E-state index contributed by atoms with van der Waals surface area (Å²) in [5, 5.41) is 0. The Morgan fingerprint density at radius 1 is 1.55 bits per heavy atom. The highest BCUT2D eigenvalue weighted by atomic mass is 31.2. The fourth-order valence-corrected chi connectivity index (χ4v) is 2.14. The van der Waals surface area contributed by atoms with E-state index in [9.17, 15) is 4.57 Å². The van der Waals surface area contributed by atoms with Crippen molar-refractivity contribution < 1.29 is 14.2 Å². The second-order valence-corrected chi connectivity index (χ2v) is 5.31. The molecule has 0 aromatic heterocycles. The summed E-state index contributed by atoms with van der Waals surface area (Å²) in [5.74, 6) is 0. The van der Waals surface area contributed by atoms with E-state index in [4.69, 9.17) is 9.63 Å². The molecule has 1 N–H and O–H groups in total. The molecular weight excluding hydrogens is 165 g/mol. The molecular formula is C6H14NO3P. The number of rotatable bonds is 2. The molecule has 0 aliphatic carbocycles. The van der Waals surface area contributed by atoms with Crippen molar-refractivity contribution in [3.63, 3.8) is 0 Å². The molecule has 0 aromatic carbocycles. The third kappa shape index (κ3) is 3.87. The Morgan fingerprint density at radius 3 is 2.55 bits per heavy atom. The van der Waals surface area contributed by atoms with Gasteiger partial charge in [0.25, 0.3) is 0 Å². The highest BCUT2D eigenvalue weighted by Crippen LogP contribution is 2.35. The van der Waals surface area contributed by atoms with Crippen LogP contribution in [0.1, 0.15) is 0 Å². The van der Waals surface area contributed by atoms with Crippen LogP contribution in [0.3, 0.4) is 0 Å². The summed E-state index contributed by atoms with van der Waals surface area (Å²) in [5.41, 5.74) is 0. The van der Waals surface area contributed by atoms with E-state index in [2.05, 4.69) is 0 Å². The average Bonchev–Trinajstić information content (AvgIpc) is 1.85. The molecule has 1 fully saturated rings. The molecule has 1 atom stereocenters. The Balaban J connectivity index is 2.30. The van der Waals surface area contributed by atoms with Crippen LogP contribution in [0.4, 0.5) is 0 Å². The van der Waals surface area contributed by atoms with E-state index in [1.165, 1.54) is 6.66 Å². The number of morpholine rings is 1. The van der Waals surface area contributed by atoms with Crippen LogP contribution in [0.15, 0.2) is 0 Å². The van der Waals surface area contributed by atoms with Crippen molar-refractivity contribution >= 4 is 7.37 Å². The van der Waals surface area contributed by atoms with Crippen LogP contribution in [-0.4, -0.2) is 49.0 Å². The van der Waals surface area contributed by atoms with Crippen LogP contribution in [0.5, 0.6) is 0 Å². The average molecular weight is 179 g/mol. The zero-order valence-electron chi connectivity index (χ0n) is 6.69. The molecule has 4 nitrogen and oxygen atoms in total. The van der Waals surface area contributed by atoms with Crippen molar-refractivity contribution in [3.8, 4) is 0 Å². The summed E-state index contributed by atoms with van der Waals surface area (Å²) in [6, 6.07) is 0. The van der Waals surface area contributed by atoms with Crippen molar-refractivity contribution in [3.05, 3.63) is 0 Å². The number of hydrogen-bond acceptors (Lipinski definition) is 3. The van der Waals surface area contributed by atoms with Gasteiger partial charge in [-0.05, 0) is 0 Å². The summed E-state index contributed by atoms with van der Waals surface area (Å²) in [6.45, 7) is 4.30. The molecule has 0 amide bonds. The Hall–Kier alpha value is 0.110. The summed E-state index contributed by atoms with van der Waals surface area (Å²) < 4.78 is 16.1. The number of nitrogens with zero attached hydrogens (tertiary/aromatic N) is 1. The van der Waals surface area contributed by atoms with Gasteiger partial charge in [-0.2, -0.15) is 0 Å². The molecule has 0 bridgehead atoms. The Labute approximate surface area is 66.6 Å². The first-order valence-electron chi connectivity index (χ1n) is 3.67. The van der Waals surface area contributed by atoms with Gasteiger partial charge in [-0.25, -0.2) is 0 Å². The topological polar surface area (TPSA) is 49.8 Å². The molecule has 1 aliphatic heterocycles. The van der Waals surface area contributed by atoms with Gasteiger partial charge >= 0.3 is 0 Å². The van der Waals surface area contributed by atoms with Gasteiger partial charge in [0, 0.05) is 19.8 Å². The normalized spacial score (nSPS) is 26.4. The Bertz CT molecular complexity index is 161. The van der Waals surface area contributed by atoms with Crippen molar-refractivity contribution in [2.24, 2.45) is 0 Å². The van der Waals surface area contributed by atoms with E-state index >= 15 is 0 Å². The fraction of sp³-hybridized carbons (Fsp3) is 1.00. The van der Waals surface area contributed by atoms with E-state index in [1.54, 1.807) is 0 Å². The maximum atomic E-state index is 11.0. The highest BCUT2D eigenvalue weighted by molar-refractivity contribution is 7.57. The molecule has 0 radical (unpaired) electrons. The molecule has 0 aromatic rings. The zero-order chi connectivity index (χ0) is 8.32. The smallest absolute Gasteiger partial charge is 0.211 e. The minimum absolute atomic E-state index is 0.302. The summed E-state index contributed by atoms with van der Waals surface area (Å²) in [6.07, 6.45) is 0.302. The maximum absolute atomic E-state index is 11.0. The van der Waals surface area contributed by atoms with Gasteiger partial charge in [-0.1, -0.05) is 0 Å². The van der Waals surface area contributed by atoms with Gasteiger partial charge in [0.2, 0.25) is 7.37 Å². The fourth-order valence-electron chi connectivity index (χ4n) is 1.11. The molecule has 1 aliphatic rings. The predicted molar refractivity (Wildman–Crippen MR) is 43.0 cm³/mol. The minimum atomic E-state index is -2.86. The summed E-state index contributed by atoms with van der Waals surface area (Å²) >= 11 is 0. The van der Waals surface area contributed by atoms with Gasteiger partial charge in [0.05, 0.1) is 19.5 Å². The standard InChI is InChI=1S/C6H14NO3P/c1-11(8,9)6-7-2-4-10-5-3-7/h2-6H2,1H3,(H,8,9). The van der Waals surface area contributed by atoms with Gasteiger partial charge < -0.3 is 9.63 Å². The van der Waals surface area contributed by atoms with Crippen LogP contribution in [-0.2, 0) is 9.30 Å². The van der Waals surface area contributed by atoms with Crippen molar-refractivity contribution in [2.75, 3.05) is 39.3 Å². The lowest BCUT2D eigenvalue weighted by Crippen LogP contribution is -2.36. The van der Waals surface area contributed by atoms with Crippen LogP contribution in [0.25, 0.3) is 0 Å². The van der Waals surface area contributed by atoms with Gasteiger partial charge in [-0.15, -0.1) is 0 Å². The lowest BCUT2D eigenvalue weighted by Gasteiger charge is -2.27. The summed E-state index contributed by atoms with van der Waals surface area (Å²) in [7, 11) is -2.86. The maximum Gasteiger partial charge on any atom is 0.211 e. The van der Waals surface area contributed by atoms with E-state index in [0.717, 1.165) is 13.1 Å². The third-order valence-corrected chi connectivity index (χ3v) is 2.49. The molecule has 66 valence electrons. The molecule has 11 heavy (non-hydrogen) atoms. The molecule has 1 heterocycles. The van der Waals surface area contributed by atoms with Crippen molar-refractivity contribution in [1.29, 1.82) is 0 Å². The number of hydrogen-bond donors (Lipinski definition) is 1. The van der Waals surface area contributed by atoms with Crippen molar-refractivity contribution in [1.82, 2.24) is 4.90 Å². The lowest BCUT2D eigenvalue weighted by atomic mass is 10.5. The van der Waals surface area contributed by atoms with Gasteiger partial charge in [0.15, 0.2) is 0 Å². The Morgan fingerprint density at radius 2 is 2.09 bits per heavy atom. The molecule has 0 spiro atoms. The first kappa shape index (κ1) is 9.20. The van der Waals surface area contributed by atoms with Crippen LogP contribution >= 0.6 is 7.37 Å². The van der Waals surface area contributed by atoms with E-state index in [-0.39, 0.29) is 0 Å². The molecule has 1 rings (SSSR count). The second-order valence-electron chi connectivity index (χ2n) is 2.92. The van der Waals surface area contributed by atoms with Crippen LogP contribution < -0.4 is 0 Å². The largest absolute Gasteiger partial charge is 0.379 e. The highest BCUT2D eigenvalue weighted by Gasteiger charge is 2.18. The first-order chi connectivity index (χ1) is 5.08. The van der Waals surface area contributed by atoms with E-state index < -0.39 is 7.37 Å². The van der Waals surface area contributed by atoms with Gasteiger partial charge in [0.1, 0.15) is 0 Å². The SMILES string of the molecule is CP(=O)(O)CN1CCOCC1. The quantitative estimate of drug-likeness (QED) is 0.614. The Kier molecular flexibility index (Phi) is 3.07. The zero-order valence-corrected chi connectivity index (χ0v) is 7.59. The minimum Gasteiger partial charge on any atom is -0.379 e. The van der Waals surface area contributed by atoms with Crippen LogP contribution in [0.2, 0.25) is 0 Å². The molecule has 5 heteroatoms. The molecule has 1 unspecified atom stereocenters.